The third kappa shape index (κ3) is 1.67. The van der Waals surface area contributed by atoms with Crippen molar-refractivity contribution < 1.29 is 9.90 Å². The van der Waals surface area contributed by atoms with Crippen LogP contribution in [0.2, 0.25) is 0 Å². The number of carbonyl (C=O) groups excluding carboxylic acids is 1. The van der Waals surface area contributed by atoms with Gasteiger partial charge in [-0.05, 0) is 6.92 Å². The van der Waals surface area contributed by atoms with E-state index in [1.807, 2.05) is 6.07 Å². The fourth-order valence-electron chi connectivity index (χ4n) is 1.09. The van der Waals surface area contributed by atoms with E-state index in [-0.39, 0.29) is 22.8 Å². The molecule has 0 fully saturated rings. The van der Waals surface area contributed by atoms with Gasteiger partial charge in [-0.1, -0.05) is 12.7 Å². The first-order chi connectivity index (χ1) is 6.57. The summed E-state index contributed by atoms with van der Waals surface area (Å²) in [5.41, 5.74) is 0.697. The van der Waals surface area contributed by atoms with Gasteiger partial charge >= 0.3 is 0 Å². The van der Waals surface area contributed by atoms with Crippen LogP contribution in [0.25, 0.3) is 0 Å². The summed E-state index contributed by atoms with van der Waals surface area (Å²) in [5.74, 6) is -0.493. The van der Waals surface area contributed by atoms with E-state index in [9.17, 15) is 9.90 Å². The first-order valence-electron chi connectivity index (χ1n) is 4.06. The maximum atomic E-state index is 11.2. The number of hydrogen-bond acceptors (Lipinski definition) is 3. The molecule has 0 aromatic heterocycles. The molecule has 4 heteroatoms. The quantitative estimate of drug-likeness (QED) is 0.367. The molecule has 1 heterocycles. The standard InChI is InChI=1S/C10H10N2O2/c1-6(5-11)9(13)8-3-4-12-10(14)7(8)2/h3,13H,2,4H2,1H3,(H,12,14)/b9-6-. The topological polar surface area (TPSA) is 73.1 Å². The molecule has 14 heavy (non-hydrogen) atoms. The summed E-state index contributed by atoms with van der Waals surface area (Å²) in [7, 11) is 0. The van der Waals surface area contributed by atoms with Gasteiger partial charge in [-0.25, -0.2) is 0 Å². The lowest BCUT2D eigenvalue weighted by Crippen LogP contribution is -2.30. The lowest BCUT2D eigenvalue weighted by Gasteiger charge is -2.15. The second-order valence-corrected chi connectivity index (χ2v) is 2.89. The summed E-state index contributed by atoms with van der Waals surface area (Å²) >= 11 is 0. The van der Waals surface area contributed by atoms with E-state index in [1.165, 1.54) is 6.92 Å². The monoisotopic (exact) mass is 190 g/mol. The Morgan fingerprint density at radius 3 is 3.00 bits per heavy atom. The third-order valence-corrected chi connectivity index (χ3v) is 1.95. The highest BCUT2D eigenvalue weighted by Gasteiger charge is 2.19. The zero-order chi connectivity index (χ0) is 10.7. The minimum absolute atomic E-state index is 0.173. The van der Waals surface area contributed by atoms with Gasteiger partial charge in [-0.15, -0.1) is 0 Å². The molecule has 1 aliphatic rings. The summed E-state index contributed by atoms with van der Waals surface area (Å²) in [6.07, 6.45) is 1.62. The van der Waals surface area contributed by atoms with E-state index in [0.717, 1.165) is 0 Å². The van der Waals surface area contributed by atoms with Gasteiger partial charge < -0.3 is 10.4 Å². The Hall–Kier alpha value is -2.02. The Bertz CT molecular complexity index is 397. The average Bonchev–Trinajstić information content (AvgIpc) is 2.20. The molecule has 0 bridgehead atoms. The molecule has 0 aromatic carbocycles. The summed E-state index contributed by atoms with van der Waals surface area (Å²) in [6.45, 7) is 5.36. The molecule has 0 spiro atoms. The highest BCUT2D eigenvalue weighted by molar-refractivity contribution is 5.99. The molecule has 0 atom stereocenters. The highest BCUT2D eigenvalue weighted by Crippen LogP contribution is 2.20. The summed E-state index contributed by atoms with van der Waals surface area (Å²) < 4.78 is 0. The number of nitriles is 1. The van der Waals surface area contributed by atoms with Gasteiger partial charge in [-0.2, -0.15) is 5.26 Å². The number of hydrogen-bond donors (Lipinski definition) is 2. The smallest absolute Gasteiger partial charge is 0.251 e. The normalized spacial score (nSPS) is 17.9. The molecule has 1 aliphatic heterocycles. The number of amides is 1. The zero-order valence-electron chi connectivity index (χ0n) is 7.79. The summed E-state index contributed by atoms with van der Waals surface area (Å²) in [6, 6.07) is 1.81. The van der Waals surface area contributed by atoms with Gasteiger partial charge in [0.15, 0.2) is 0 Å². The number of rotatable bonds is 1. The van der Waals surface area contributed by atoms with Crippen LogP contribution in [-0.2, 0) is 4.79 Å². The number of aliphatic hydroxyl groups excluding tert-OH is 1. The van der Waals surface area contributed by atoms with Crippen molar-refractivity contribution in [1.82, 2.24) is 5.32 Å². The molecule has 72 valence electrons. The fraction of sp³-hybridized carbons (Fsp3) is 0.200. The van der Waals surface area contributed by atoms with Gasteiger partial charge in [0, 0.05) is 17.7 Å². The first kappa shape index (κ1) is 10.1. The minimum Gasteiger partial charge on any atom is -0.506 e. The number of allylic oxidation sites excluding steroid dienone is 2. The summed E-state index contributed by atoms with van der Waals surface area (Å²) in [4.78, 5) is 11.2. The Labute approximate surface area is 81.8 Å². The van der Waals surface area contributed by atoms with Gasteiger partial charge in [-0.3, -0.25) is 4.79 Å². The van der Waals surface area contributed by atoms with Crippen molar-refractivity contribution in [3.63, 3.8) is 0 Å². The third-order valence-electron chi connectivity index (χ3n) is 1.95. The molecule has 1 amide bonds. The van der Waals surface area contributed by atoms with Crippen molar-refractivity contribution >= 4 is 5.91 Å². The van der Waals surface area contributed by atoms with Crippen molar-refractivity contribution in [1.29, 1.82) is 5.26 Å². The van der Waals surface area contributed by atoms with E-state index in [0.29, 0.717) is 12.1 Å². The van der Waals surface area contributed by atoms with Gasteiger partial charge in [0.2, 0.25) is 0 Å². The van der Waals surface area contributed by atoms with E-state index >= 15 is 0 Å². The van der Waals surface area contributed by atoms with Crippen LogP contribution in [0.15, 0.2) is 35.1 Å². The maximum absolute atomic E-state index is 11.2. The van der Waals surface area contributed by atoms with Crippen LogP contribution >= 0.6 is 0 Å². The van der Waals surface area contributed by atoms with Crippen LogP contribution in [0.5, 0.6) is 0 Å². The molecule has 0 saturated carbocycles. The van der Waals surface area contributed by atoms with Crippen molar-refractivity contribution in [3.05, 3.63) is 35.1 Å². The van der Waals surface area contributed by atoms with Gasteiger partial charge in [0.25, 0.3) is 5.91 Å². The van der Waals surface area contributed by atoms with Gasteiger partial charge in [0.1, 0.15) is 5.76 Å². The lowest BCUT2D eigenvalue weighted by molar-refractivity contribution is -0.117. The van der Waals surface area contributed by atoms with Crippen LogP contribution in [0.3, 0.4) is 0 Å². The Morgan fingerprint density at radius 2 is 2.43 bits per heavy atom. The molecule has 4 nitrogen and oxygen atoms in total. The summed E-state index contributed by atoms with van der Waals surface area (Å²) in [5, 5.41) is 20.7. The molecule has 2 N–H and O–H groups in total. The van der Waals surface area contributed by atoms with Crippen LogP contribution in [0.4, 0.5) is 0 Å². The number of nitrogens with one attached hydrogen (secondary N) is 1. The average molecular weight is 190 g/mol. The number of carbonyl (C=O) groups is 1. The van der Waals surface area contributed by atoms with Crippen LogP contribution in [0.1, 0.15) is 6.92 Å². The van der Waals surface area contributed by atoms with Crippen LogP contribution in [0, 0.1) is 11.3 Å². The van der Waals surface area contributed by atoms with E-state index < -0.39 is 0 Å². The Balaban J connectivity index is 3.12. The molecule has 0 saturated heterocycles. The highest BCUT2D eigenvalue weighted by atomic mass is 16.3. The van der Waals surface area contributed by atoms with Crippen LogP contribution < -0.4 is 5.32 Å². The zero-order valence-corrected chi connectivity index (χ0v) is 7.79. The maximum Gasteiger partial charge on any atom is 0.251 e. The number of nitrogens with zero attached hydrogens (tertiary/aromatic N) is 1. The van der Waals surface area contributed by atoms with Crippen LogP contribution in [-0.4, -0.2) is 17.6 Å². The van der Waals surface area contributed by atoms with Crippen molar-refractivity contribution in [3.8, 4) is 6.07 Å². The van der Waals surface area contributed by atoms with E-state index in [4.69, 9.17) is 5.26 Å². The Kier molecular flexibility index (Phi) is 2.73. The predicted molar refractivity (Wildman–Crippen MR) is 51.2 cm³/mol. The van der Waals surface area contributed by atoms with E-state index in [2.05, 4.69) is 11.9 Å². The largest absolute Gasteiger partial charge is 0.506 e. The minimum atomic E-state index is -0.320. The molecule has 0 aromatic rings. The Morgan fingerprint density at radius 1 is 1.79 bits per heavy atom. The molecule has 0 unspecified atom stereocenters. The second kappa shape index (κ2) is 3.79. The SMILES string of the molecule is C=C1C(=O)NCC=C1/C(O)=C(\C)C#N. The van der Waals surface area contributed by atoms with Crippen molar-refractivity contribution in [2.75, 3.05) is 6.54 Å². The second-order valence-electron chi connectivity index (χ2n) is 2.89. The van der Waals surface area contributed by atoms with E-state index in [1.54, 1.807) is 6.08 Å². The van der Waals surface area contributed by atoms with Gasteiger partial charge in [0.05, 0.1) is 11.6 Å². The van der Waals surface area contributed by atoms with Crippen molar-refractivity contribution in [2.24, 2.45) is 0 Å². The molecular weight excluding hydrogens is 180 g/mol. The predicted octanol–water partition coefficient (Wildman–Crippen LogP) is 0.954. The molecule has 0 radical (unpaired) electrons. The number of aliphatic hydroxyl groups is 1. The molecule has 1 rings (SSSR count). The molecule has 0 aliphatic carbocycles. The molecular formula is C10H10N2O2. The lowest BCUT2D eigenvalue weighted by atomic mass is 9.99. The fourth-order valence-corrected chi connectivity index (χ4v) is 1.09. The van der Waals surface area contributed by atoms with Crippen molar-refractivity contribution in [2.45, 2.75) is 6.92 Å². The first-order valence-corrected chi connectivity index (χ1v) is 4.06.